The predicted octanol–water partition coefficient (Wildman–Crippen LogP) is 12.7. The van der Waals surface area contributed by atoms with Gasteiger partial charge in [-0.2, -0.15) is 0 Å². The molecule has 1 N–H and O–H groups in total. The van der Waals surface area contributed by atoms with Crippen molar-refractivity contribution in [3.63, 3.8) is 0 Å². The quantitative estimate of drug-likeness (QED) is 0.184. The maximum absolute atomic E-state index is 14.2. The predicted molar refractivity (Wildman–Crippen MR) is 218 cm³/mol. The lowest BCUT2D eigenvalue weighted by molar-refractivity contribution is 0.281. The molecule has 8 aromatic rings. The molecular weight excluding hydrogens is 684 g/mol. The summed E-state index contributed by atoms with van der Waals surface area (Å²) in [5.74, 6) is 0.939. The van der Waals surface area contributed by atoms with E-state index in [1.54, 1.807) is 0 Å². The van der Waals surface area contributed by atoms with Crippen LogP contribution in [0.1, 0.15) is 35.1 Å². The topological polar surface area (TPSA) is 55.8 Å². The minimum atomic E-state index is -4.63. The first-order chi connectivity index (χ1) is 26.5. The Morgan fingerprint density at radius 3 is 1.28 bits per heavy atom. The Hall–Kier alpha value is -5.93. The van der Waals surface area contributed by atoms with Gasteiger partial charge in [-0.05, 0) is 91.7 Å². The zero-order valence-corrected chi connectivity index (χ0v) is 30.4. The number of hydrogen-bond acceptors (Lipinski definition) is 3. The monoisotopic (exact) mass is 718 g/mol. The van der Waals surface area contributed by atoms with Gasteiger partial charge >= 0.3 is 7.82 Å². The average molecular weight is 719 g/mol. The molecule has 3 aliphatic rings. The summed E-state index contributed by atoms with van der Waals surface area (Å²) in [6.45, 7) is 0. The van der Waals surface area contributed by atoms with E-state index in [9.17, 15) is 9.46 Å². The zero-order chi connectivity index (χ0) is 36.0. The number of fused-ring (bicyclic) bond motifs is 2. The summed E-state index contributed by atoms with van der Waals surface area (Å²) < 4.78 is 26.8. The second kappa shape index (κ2) is 11.8. The first-order valence-corrected chi connectivity index (χ1v) is 20.2. The molecule has 54 heavy (non-hydrogen) atoms. The largest absolute Gasteiger partial charge is 0.584 e. The van der Waals surface area contributed by atoms with Gasteiger partial charge in [0.25, 0.3) is 0 Å². The molecule has 0 atom stereocenters. The van der Waals surface area contributed by atoms with Crippen LogP contribution in [0.3, 0.4) is 0 Å². The van der Waals surface area contributed by atoms with Crippen LogP contribution in [-0.2, 0) is 22.8 Å². The Labute approximate surface area is 313 Å². The summed E-state index contributed by atoms with van der Waals surface area (Å²) in [5.41, 5.74) is 12.1. The van der Waals surface area contributed by atoms with Gasteiger partial charge < -0.3 is 9.05 Å². The molecule has 0 aromatic heterocycles. The highest BCUT2D eigenvalue weighted by molar-refractivity contribution is 7.48. The Kier molecular flexibility index (Phi) is 6.89. The average Bonchev–Trinajstić information content (AvgIpc) is 3.78. The van der Waals surface area contributed by atoms with E-state index in [0.717, 1.165) is 70.2 Å². The van der Waals surface area contributed by atoms with Crippen molar-refractivity contribution in [2.45, 2.75) is 31.1 Å². The second-order valence-electron chi connectivity index (χ2n) is 14.9. The number of aryl methyl sites for hydroxylation is 2. The van der Waals surface area contributed by atoms with Crippen LogP contribution >= 0.6 is 7.82 Å². The van der Waals surface area contributed by atoms with E-state index in [1.165, 1.54) is 43.8 Å². The summed E-state index contributed by atoms with van der Waals surface area (Å²) in [7, 11) is -4.63. The third kappa shape index (κ3) is 4.77. The van der Waals surface area contributed by atoms with Crippen molar-refractivity contribution in [3.05, 3.63) is 180 Å². The molecule has 11 rings (SSSR count). The molecule has 0 amide bonds. The molecule has 0 unspecified atom stereocenters. The molecule has 0 saturated carbocycles. The van der Waals surface area contributed by atoms with Crippen molar-refractivity contribution in [2.24, 2.45) is 0 Å². The van der Waals surface area contributed by atoms with Gasteiger partial charge in [0.2, 0.25) is 0 Å². The van der Waals surface area contributed by atoms with Crippen LogP contribution in [0, 0.1) is 0 Å². The van der Waals surface area contributed by atoms with E-state index in [4.69, 9.17) is 9.05 Å². The highest BCUT2D eigenvalue weighted by Crippen LogP contribution is 2.65. The van der Waals surface area contributed by atoms with Gasteiger partial charge in [-0.3, -0.25) is 4.89 Å². The first-order valence-electron chi connectivity index (χ1n) is 18.7. The molecule has 1 aliphatic heterocycles. The van der Waals surface area contributed by atoms with Crippen LogP contribution in [-0.4, -0.2) is 4.89 Å². The fraction of sp³-hybridized carbons (Fsp3) is 0.102. The maximum Gasteiger partial charge on any atom is 0.584 e. The number of phosphoric acid groups is 1. The summed E-state index contributed by atoms with van der Waals surface area (Å²) >= 11 is 0. The van der Waals surface area contributed by atoms with E-state index >= 15 is 0 Å². The molecule has 1 heterocycles. The molecule has 1 spiro atoms. The number of benzene rings is 8. The minimum absolute atomic E-state index is 0.381. The van der Waals surface area contributed by atoms with Crippen molar-refractivity contribution < 1.29 is 18.5 Å². The van der Waals surface area contributed by atoms with E-state index < -0.39 is 7.82 Å². The molecule has 2 aliphatic carbocycles. The molecule has 0 radical (unpaired) electrons. The highest BCUT2D eigenvalue weighted by Gasteiger charge is 2.52. The highest BCUT2D eigenvalue weighted by atomic mass is 31.2. The number of hydrogen-bond donors (Lipinski definition) is 1. The Morgan fingerprint density at radius 2 is 0.833 bits per heavy atom. The van der Waals surface area contributed by atoms with Gasteiger partial charge in [-0.25, -0.2) is 4.57 Å². The summed E-state index contributed by atoms with van der Waals surface area (Å²) in [4.78, 5) is 11.6. The molecule has 4 nitrogen and oxygen atoms in total. The maximum atomic E-state index is 14.2. The molecule has 260 valence electrons. The normalized spacial score (nSPS) is 15.9. The SMILES string of the molecule is O=P1(O)Oc2c(-c3ccc(-c4cccc5ccccc45)cc3)ccc3c2C2(CC3)CCc3ccc(-c4ccc(-c5cccc6ccccc56)cc4)c(c32)O1. The molecule has 5 heteroatoms. The van der Waals surface area contributed by atoms with Crippen molar-refractivity contribution in [3.8, 4) is 56.0 Å². The molecular formula is C49H35O4P. The van der Waals surface area contributed by atoms with Crippen LogP contribution < -0.4 is 9.05 Å². The third-order valence-electron chi connectivity index (χ3n) is 12.1. The fourth-order valence-corrected chi connectivity index (χ4v) is 10.5. The minimum Gasteiger partial charge on any atom is -0.394 e. The lowest BCUT2D eigenvalue weighted by atomic mass is 9.74. The van der Waals surface area contributed by atoms with Crippen LogP contribution in [0.2, 0.25) is 0 Å². The van der Waals surface area contributed by atoms with Crippen LogP contribution in [0.5, 0.6) is 11.5 Å². The van der Waals surface area contributed by atoms with E-state index in [1.807, 2.05) is 12.1 Å². The standard InChI is InChI=1S/C49H35O4P/c50-54(51)52-47-43(35-19-15-33(16-20-35)41-13-5-9-31-7-1-3-11-39(31)41)25-23-37-27-29-49(45(37)47)30-28-38-24-26-44(48(53-54)46(38)49)36-21-17-34(18-22-36)42-14-6-10-32-8-2-4-12-40(32)42/h1-26H,27-30H2,(H,50,51). The van der Waals surface area contributed by atoms with Gasteiger partial charge in [-0.15, -0.1) is 0 Å². The Balaban J connectivity index is 1.03. The van der Waals surface area contributed by atoms with Gasteiger partial charge in [-0.1, -0.05) is 158 Å². The molecule has 0 fully saturated rings. The third-order valence-corrected chi connectivity index (χ3v) is 12.9. The lowest BCUT2D eigenvalue weighted by Crippen LogP contribution is -2.25. The fourth-order valence-electron chi connectivity index (χ4n) is 9.67. The van der Waals surface area contributed by atoms with Gasteiger partial charge in [0.05, 0.1) is 0 Å². The zero-order valence-electron chi connectivity index (χ0n) is 29.5. The lowest BCUT2D eigenvalue weighted by Gasteiger charge is -2.34. The summed E-state index contributed by atoms with van der Waals surface area (Å²) in [6, 6.07) is 55.0. The van der Waals surface area contributed by atoms with Crippen LogP contribution in [0.15, 0.2) is 158 Å². The van der Waals surface area contributed by atoms with E-state index in [2.05, 4.69) is 146 Å². The van der Waals surface area contributed by atoms with Gasteiger partial charge in [0.1, 0.15) is 11.5 Å². The smallest absolute Gasteiger partial charge is 0.394 e. The van der Waals surface area contributed by atoms with Gasteiger partial charge in [0, 0.05) is 27.7 Å². The molecule has 0 saturated heterocycles. The summed E-state index contributed by atoms with van der Waals surface area (Å²) in [5, 5.41) is 4.80. The Morgan fingerprint density at radius 1 is 0.444 bits per heavy atom. The van der Waals surface area contributed by atoms with Crippen LogP contribution in [0.25, 0.3) is 66.1 Å². The van der Waals surface area contributed by atoms with E-state index in [-0.39, 0.29) is 5.41 Å². The molecule has 0 bridgehead atoms. The van der Waals surface area contributed by atoms with Crippen molar-refractivity contribution in [2.75, 3.05) is 0 Å². The molecule has 8 aromatic carbocycles. The van der Waals surface area contributed by atoms with Crippen molar-refractivity contribution in [1.29, 1.82) is 0 Å². The second-order valence-corrected chi connectivity index (χ2v) is 16.2. The summed E-state index contributed by atoms with van der Waals surface area (Å²) in [6.07, 6.45) is 3.52. The number of rotatable bonds is 4. The van der Waals surface area contributed by atoms with Crippen molar-refractivity contribution in [1.82, 2.24) is 0 Å². The first kappa shape index (κ1) is 31.6. The van der Waals surface area contributed by atoms with Crippen LogP contribution in [0.4, 0.5) is 0 Å². The van der Waals surface area contributed by atoms with E-state index in [0.29, 0.717) is 11.5 Å². The van der Waals surface area contributed by atoms with Crippen molar-refractivity contribution >= 4 is 29.4 Å². The van der Waals surface area contributed by atoms with Gasteiger partial charge in [0.15, 0.2) is 0 Å². The number of phosphoric ester groups is 1. The Bertz CT molecular complexity index is 2670.